The molecule has 1 aliphatic rings. The highest BCUT2D eigenvalue weighted by molar-refractivity contribution is 5.63. The smallest absolute Gasteiger partial charge is 0.0664 e. The Morgan fingerprint density at radius 3 is 2.69 bits per heavy atom. The predicted molar refractivity (Wildman–Crippen MR) is 52.4 cm³/mol. The molecule has 2 heterocycles. The molecule has 0 saturated carbocycles. The van der Waals surface area contributed by atoms with Crippen molar-refractivity contribution in [3.8, 4) is 0 Å². The summed E-state index contributed by atoms with van der Waals surface area (Å²) in [6.45, 7) is 0. The Bertz CT molecular complexity index is 342. The zero-order valence-electron chi connectivity index (χ0n) is 7.22. The summed E-state index contributed by atoms with van der Waals surface area (Å²) in [5, 5.41) is 0. The van der Waals surface area contributed by atoms with Crippen molar-refractivity contribution in [2.75, 3.05) is 0 Å². The number of nitrogens with two attached hydrogens (primary N) is 1. The van der Waals surface area contributed by atoms with Crippen LogP contribution in [-0.4, -0.2) is 11.2 Å². The lowest BCUT2D eigenvalue weighted by Gasteiger charge is -2.25. The molecular formula is C10H11N3. The molecule has 2 N–H and O–H groups in total. The van der Waals surface area contributed by atoms with Gasteiger partial charge in [0.25, 0.3) is 0 Å². The van der Waals surface area contributed by atoms with Gasteiger partial charge < -0.3 is 5.73 Å². The van der Waals surface area contributed by atoms with Gasteiger partial charge in [-0.25, -0.2) is 0 Å². The van der Waals surface area contributed by atoms with Crippen LogP contribution < -0.4 is 5.73 Å². The van der Waals surface area contributed by atoms with Crippen LogP contribution in [0, 0.1) is 0 Å². The van der Waals surface area contributed by atoms with Gasteiger partial charge in [-0.3, -0.25) is 9.98 Å². The van der Waals surface area contributed by atoms with E-state index >= 15 is 0 Å². The molecule has 3 heteroatoms. The molecule has 1 unspecified atom stereocenters. The number of hydrogen-bond acceptors (Lipinski definition) is 3. The van der Waals surface area contributed by atoms with Crippen LogP contribution in [-0.2, 0) is 5.54 Å². The summed E-state index contributed by atoms with van der Waals surface area (Å²) in [6.07, 6.45) is 9.74. The molecule has 2 rings (SSSR count). The summed E-state index contributed by atoms with van der Waals surface area (Å²) < 4.78 is 0. The fourth-order valence-electron chi connectivity index (χ4n) is 1.38. The van der Waals surface area contributed by atoms with Gasteiger partial charge in [0.05, 0.1) is 5.54 Å². The molecule has 0 radical (unpaired) electrons. The average Bonchev–Trinajstić information content (AvgIpc) is 2.20. The van der Waals surface area contributed by atoms with Crippen molar-refractivity contribution in [2.24, 2.45) is 10.7 Å². The van der Waals surface area contributed by atoms with Crippen LogP contribution in [0.15, 0.2) is 41.8 Å². The highest BCUT2D eigenvalue weighted by Gasteiger charge is 2.24. The predicted octanol–water partition coefficient (Wildman–Crippen LogP) is 1.22. The lowest BCUT2D eigenvalue weighted by atomic mass is 9.88. The molecular weight excluding hydrogens is 162 g/mol. The summed E-state index contributed by atoms with van der Waals surface area (Å²) in [5.41, 5.74) is 6.85. The zero-order chi connectivity index (χ0) is 9.15. The van der Waals surface area contributed by atoms with Crippen LogP contribution in [0.5, 0.6) is 0 Å². The summed E-state index contributed by atoms with van der Waals surface area (Å²) >= 11 is 0. The maximum atomic E-state index is 6.17. The second-order valence-electron chi connectivity index (χ2n) is 3.13. The number of rotatable bonds is 1. The van der Waals surface area contributed by atoms with E-state index < -0.39 is 5.54 Å². The maximum Gasteiger partial charge on any atom is 0.0664 e. The largest absolute Gasteiger partial charge is 0.318 e. The number of aliphatic imine (C=N–C) groups is 1. The molecule has 0 aromatic carbocycles. The first-order valence-electron chi connectivity index (χ1n) is 4.20. The average molecular weight is 173 g/mol. The van der Waals surface area contributed by atoms with Gasteiger partial charge >= 0.3 is 0 Å². The molecule has 1 aromatic rings. The van der Waals surface area contributed by atoms with Crippen molar-refractivity contribution >= 4 is 6.21 Å². The molecule has 0 saturated heterocycles. The molecule has 1 aromatic heterocycles. The Labute approximate surface area is 77.0 Å². The Morgan fingerprint density at radius 1 is 1.31 bits per heavy atom. The fraction of sp³-hybridized carbons (Fsp3) is 0.200. The molecule has 66 valence electrons. The van der Waals surface area contributed by atoms with E-state index in [1.807, 2.05) is 24.4 Å². The first-order valence-corrected chi connectivity index (χ1v) is 4.20. The number of pyridine rings is 1. The Kier molecular flexibility index (Phi) is 1.94. The Morgan fingerprint density at radius 2 is 2.08 bits per heavy atom. The van der Waals surface area contributed by atoms with Crippen molar-refractivity contribution < 1.29 is 0 Å². The molecule has 13 heavy (non-hydrogen) atoms. The van der Waals surface area contributed by atoms with Gasteiger partial charge in [0.15, 0.2) is 0 Å². The molecule has 1 aliphatic heterocycles. The molecule has 0 amide bonds. The monoisotopic (exact) mass is 173 g/mol. The van der Waals surface area contributed by atoms with Crippen molar-refractivity contribution in [1.82, 2.24) is 4.98 Å². The van der Waals surface area contributed by atoms with Gasteiger partial charge in [0.2, 0.25) is 0 Å². The summed E-state index contributed by atoms with van der Waals surface area (Å²) in [5.74, 6) is 0. The minimum atomic E-state index is -0.398. The van der Waals surface area contributed by atoms with Crippen LogP contribution in [0.25, 0.3) is 0 Å². The van der Waals surface area contributed by atoms with Crippen molar-refractivity contribution in [2.45, 2.75) is 12.0 Å². The number of hydrogen-bond donors (Lipinski definition) is 1. The summed E-state index contributed by atoms with van der Waals surface area (Å²) in [6, 6.07) is 3.87. The van der Waals surface area contributed by atoms with Gasteiger partial charge in [0.1, 0.15) is 0 Å². The van der Waals surface area contributed by atoms with Crippen LogP contribution in [0.4, 0.5) is 0 Å². The van der Waals surface area contributed by atoms with E-state index in [2.05, 4.69) is 9.98 Å². The zero-order valence-corrected chi connectivity index (χ0v) is 7.22. The molecule has 1 atom stereocenters. The van der Waals surface area contributed by atoms with Crippen molar-refractivity contribution in [3.05, 3.63) is 42.4 Å². The van der Waals surface area contributed by atoms with Crippen LogP contribution in [0.1, 0.15) is 12.0 Å². The van der Waals surface area contributed by atoms with E-state index in [1.54, 1.807) is 18.6 Å². The first kappa shape index (κ1) is 8.13. The lowest BCUT2D eigenvalue weighted by molar-refractivity contribution is 0.584. The lowest BCUT2D eigenvalue weighted by Crippen LogP contribution is -2.35. The van der Waals surface area contributed by atoms with Crippen molar-refractivity contribution in [3.63, 3.8) is 0 Å². The van der Waals surface area contributed by atoms with Gasteiger partial charge in [-0.05, 0) is 23.8 Å². The minimum absolute atomic E-state index is 0.398. The third-order valence-corrected chi connectivity index (χ3v) is 2.21. The fourth-order valence-corrected chi connectivity index (χ4v) is 1.38. The third-order valence-electron chi connectivity index (χ3n) is 2.21. The molecule has 3 nitrogen and oxygen atoms in total. The second-order valence-corrected chi connectivity index (χ2v) is 3.13. The number of aromatic nitrogens is 1. The third kappa shape index (κ3) is 1.51. The Hall–Kier alpha value is -1.48. The minimum Gasteiger partial charge on any atom is -0.318 e. The van der Waals surface area contributed by atoms with Gasteiger partial charge in [-0.2, -0.15) is 0 Å². The topological polar surface area (TPSA) is 51.3 Å². The Balaban J connectivity index is 2.35. The summed E-state index contributed by atoms with van der Waals surface area (Å²) in [7, 11) is 0. The standard InChI is InChI=1S/C10H11N3/c11-10(3-7-13-8-4-10)9-1-5-12-6-2-9/h1-3,5-8H,4,11H2. The summed E-state index contributed by atoms with van der Waals surface area (Å²) in [4.78, 5) is 7.95. The van der Waals surface area contributed by atoms with Crippen LogP contribution >= 0.6 is 0 Å². The van der Waals surface area contributed by atoms with Gasteiger partial charge in [-0.1, -0.05) is 0 Å². The maximum absolute atomic E-state index is 6.17. The molecule has 0 spiro atoms. The molecule has 0 fully saturated rings. The van der Waals surface area contributed by atoms with Crippen LogP contribution in [0.3, 0.4) is 0 Å². The van der Waals surface area contributed by atoms with E-state index in [9.17, 15) is 0 Å². The van der Waals surface area contributed by atoms with Gasteiger partial charge in [-0.15, -0.1) is 0 Å². The molecule has 0 aliphatic carbocycles. The van der Waals surface area contributed by atoms with E-state index in [4.69, 9.17) is 5.73 Å². The van der Waals surface area contributed by atoms with E-state index in [-0.39, 0.29) is 0 Å². The van der Waals surface area contributed by atoms with Crippen LogP contribution in [0.2, 0.25) is 0 Å². The SMILES string of the molecule is NC1(c2ccncc2)C=CN=CC1. The highest BCUT2D eigenvalue weighted by atomic mass is 14.8. The molecule has 0 bridgehead atoms. The van der Waals surface area contributed by atoms with Gasteiger partial charge in [0, 0.05) is 31.2 Å². The second kappa shape index (κ2) is 3.11. The van der Waals surface area contributed by atoms with E-state index in [0.717, 1.165) is 12.0 Å². The number of nitrogens with zero attached hydrogens (tertiary/aromatic N) is 2. The quantitative estimate of drug-likeness (QED) is 0.694. The highest BCUT2D eigenvalue weighted by Crippen LogP contribution is 2.24. The van der Waals surface area contributed by atoms with E-state index in [1.165, 1.54) is 0 Å². The van der Waals surface area contributed by atoms with Crippen molar-refractivity contribution in [1.29, 1.82) is 0 Å². The first-order chi connectivity index (χ1) is 6.31. The normalized spacial score (nSPS) is 26.2. The van der Waals surface area contributed by atoms with E-state index in [0.29, 0.717) is 0 Å².